The third kappa shape index (κ3) is 6.20. The van der Waals surface area contributed by atoms with Crippen molar-refractivity contribution in [1.29, 1.82) is 0 Å². The van der Waals surface area contributed by atoms with Gasteiger partial charge in [0.15, 0.2) is 17.3 Å². The first-order valence-electron chi connectivity index (χ1n) is 16.9. The standard InChI is InChI=1S/C37H46N2O10/c1-7-8-9-27(40)24-15-23-21-10-11-39-18-20-14-31(49-36(42)19-12-29(45-3)34(41)30(13-19)46-4)35(47-5)32(37(43)48-6)22(20)16-26(39)33(21)38-25(23)17-28(24)44-2/h12-13,15,17,20,22,26,31-32,35,38,41H,7-11,14,16,18H2,1-6H3/t20-,22+,26-,31-,32+,35+/m1/s1. The molecule has 6 atom stereocenters. The molecule has 0 spiro atoms. The minimum Gasteiger partial charge on any atom is -0.502 e. The van der Waals surface area contributed by atoms with Gasteiger partial charge in [0.2, 0.25) is 5.75 Å². The minimum absolute atomic E-state index is 0.0170. The number of unbranched alkanes of at least 4 members (excludes halogenated alkanes) is 1. The maximum atomic E-state index is 13.5. The summed E-state index contributed by atoms with van der Waals surface area (Å²) in [6.45, 7) is 3.59. The summed E-state index contributed by atoms with van der Waals surface area (Å²) in [6.07, 6.45) is 2.77. The second kappa shape index (κ2) is 14.3. The Labute approximate surface area is 285 Å². The van der Waals surface area contributed by atoms with Gasteiger partial charge in [0.05, 0.1) is 51.5 Å². The van der Waals surface area contributed by atoms with E-state index in [9.17, 15) is 19.5 Å². The number of carbonyl (C=O) groups excluding carboxylic acids is 3. The van der Waals surface area contributed by atoms with Gasteiger partial charge < -0.3 is 38.5 Å². The molecule has 6 rings (SSSR count). The van der Waals surface area contributed by atoms with Crippen molar-refractivity contribution >= 4 is 28.6 Å². The predicted octanol–water partition coefficient (Wildman–Crippen LogP) is 5.24. The number of esters is 2. The zero-order valence-electron chi connectivity index (χ0n) is 29.0. The molecule has 1 saturated carbocycles. The number of hydrogen-bond acceptors (Lipinski definition) is 11. The monoisotopic (exact) mass is 678 g/mol. The number of phenolic OH excluding ortho intramolecular Hbond substituents is 1. The van der Waals surface area contributed by atoms with Crippen molar-refractivity contribution < 1.29 is 47.9 Å². The number of carbonyl (C=O) groups is 3. The van der Waals surface area contributed by atoms with E-state index in [1.165, 1.54) is 46.1 Å². The first kappa shape index (κ1) is 34.6. The normalized spacial score (nSPS) is 24.7. The van der Waals surface area contributed by atoms with Crippen LogP contribution in [0.1, 0.15) is 77.0 Å². The van der Waals surface area contributed by atoms with E-state index >= 15 is 0 Å². The Balaban J connectivity index is 1.30. The lowest BCUT2D eigenvalue weighted by atomic mass is 9.63. The second-order valence-corrected chi connectivity index (χ2v) is 13.2. The van der Waals surface area contributed by atoms with Crippen molar-refractivity contribution in [1.82, 2.24) is 9.88 Å². The molecule has 2 N–H and O–H groups in total. The van der Waals surface area contributed by atoms with Crippen molar-refractivity contribution in [3.8, 4) is 23.0 Å². The van der Waals surface area contributed by atoms with Crippen molar-refractivity contribution in [2.75, 3.05) is 48.6 Å². The Kier molecular flexibility index (Phi) is 10.1. The zero-order chi connectivity index (χ0) is 35.0. The minimum atomic E-state index is -0.739. The maximum absolute atomic E-state index is 13.5. The molecule has 1 aliphatic carbocycles. The molecule has 12 nitrogen and oxygen atoms in total. The summed E-state index contributed by atoms with van der Waals surface area (Å²) in [5, 5.41) is 11.4. The van der Waals surface area contributed by atoms with E-state index < -0.39 is 30.1 Å². The van der Waals surface area contributed by atoms with E-state index in [0.29, 0.717) is 37.1 Å². The number of methoxy groups -OCH3 is 5. The molecule has 1 saturated heterocycles. The molecule has 0 amide bonds. The van der Waals surface area contributed by atoms with E-state index in [0.717, 1.165) is 42.4 Å². The molecule has 0 radical (unpaired) electrons. The van der Waals surface area contributed by atoms with Crippen LogP contribution in [0.15, 0.2) is 24.3 Å². The second-order valence-electron chi connectivity index (χ2n) is 13.2. The van der Waals surface area contributed by atoms with E-state index in [4.69, 9.17) is 28.4 Å². The fourth-order valence-electron chi connectivity index (χ4n) is 8.35. The summed E-state index contributed by atoms with van der Waals surface area (Å²) in [5.41, 5.74) is 3.97. The number of ketones is 1. The van der Waals surface area contributed by atoms with Gasteiger partial charge in [-0.1, -0.05) is 13.3 Å². The Morgan fingerprint density at radius 3 is 2.31 bits per heavy atom. The van der Waals surface area contributed by atoms with Gasteiger partial charge in [0.1, 0.15) is 18.0 Å². The highest BCUT2D eigenvalue weighted by atomic mass is 16.6. The van der Waals surface area contributed by atoms with E-state index in [1.807, 2.05) is 12.1 Å². The van der Waals surface area contributed by atoms with Crippen LogP contribution < -0.4 is 14.2 Å². The molecule has 264 valence electrons. The van der Waals surface area contributed by atoms with Crippen LogP contribution in [0.2, 0.25) is 0 Å². The number of nitrogens with zero attached hydrogens (tertiary/aromatic N) is 1. The topological polar surface area (TPSA) is 146 Å². The number of ether oxygens (including phenoxy) is 6. The molecule has 3 aliphatic rings. The van der Waals surface area contributed by atoms with Gasteiger partial charge >= 0.3 is 11.9 Å². The van der Waals surface area contributed by atoms with Crippen LogP contribution >= 0.6 is 0 Å². The Bertz CT molecular complexity index is 1710. The van der Waals surface area contributed by atoms with Gasteiger partial charge in [-0.25, -0.2) is 4.79 Å². The van der Waals surface area contributed by atoms with Crippen LogP contribution in [0.25, 0.3) is 10.9 Å². The van der Waals surface area contributed by atoms with Crippen LogP contribution in [-0.4, -0.2) is 93.6 Å². The summed E-state index contributed by atoms with van der Waals surface area (Å²) >= 11 is 0. The third-order valence-corrected chi connectivity index (χ3v) is 10.7. The fourth-order valence-corrected chi connectivity index (χ4v) is 8.35. The zero-order valence-corrected chi connectivity index (χ0v) is 29.0. The van der Waals surface area contributed by atoms with Crippen molar-refractivity contribution in [2.45, 2.75) is 63.7 Å². The van der Waals surface area contributed by atoms with E-state index in [2.05, 4.69) is 16.8 Å². The first-order valence-corrected chi connectivity index (χ1v) is 16.9. The summed E-state index contributed by atoms with van der Waals surface area (Å²) < 4.78 is 33.5. The van der Waals surface area contributed by atoms with Gasteiger partial charge in [-0.15, -0.1) is 0 Å². The number of rotatable bonds is 11. The van der Waals surface area contributed by atoms with Crippen molar-refractivity contribution in [3.63, 3.8) is 0 Å². The average Bonchev–Trinajstić information content (AvgIpc) is 3.49. The molecule has 2 aromatic carbocycles. The lowest BCUT2D eigenvalue weighted by Gasteiger charge is -2.52. The molecule has 0 unspecified atom stereocenters. The summed E-state index contributed by atoms with van der Waals surface area (Å²) in [5.74, 6) is -1.22. The van der Waals surface area contributed by atoms with Crippen molar-refractivity contribution in [2.24, 2.45) is 17.8 Å². The Morgan fingerprint density at radius 2 is 1.67 bits per heavy atom. The van der Waals surface area contributed by atoms with E-state index in [-0.39, 0.29) is 46.5 Å². The molecular weight excluding hydrogens is 632 g/mol. The summed E-state index contributed by atoms with van der Waals surface area (Å²) in [4.78, 5) is 46.3. The number of H-pyrrole nitrogens is 1. The van der Waals surface area contributed by atoms with E-state index in [1.54, 1.807) is 7.11 Å². The average molecular weight is 679 g/mol. The molecule has 12 heteroatoms. The number of benzene rings is 2. The molecule has 3 aromatic rings. The summed E-state index contributed by atoms with van der Waals surface area (Å²) in [7, 11) is 7.24. The number of aromatic hydroxyl groups is 1. The van der Waals surface area contributed by atoms with Crippen LogP contribution in [0.5, 0.6) is 23.0 Å². The number of fused-ring (bicyclic) bond motifs is 6. The van der Waals surface area contributed by atoms with Crippen molar-refractivity contribution in [3.05, 3.63) is 46.6 Å². The molecule has 0 bridgehead atoms. The number of phenols is 1. The Morgan fingerprint density at radius 1 is 0.959 bits per heavy atom. The number of hydrogen-bond donors (Lipinski definition) is 2. The first-order chi connectivity index (χ1) is 23.7. The van der Waals surface area contributed by atoms with Crippen LogP contribution in [0.3, 0.4) is 0 Å². The lowest BCUT2D eigenvalue weighted by molar-refractivity contribution is -0.176. The molecule has 3 heterocycles. The summed E-state index contributed by atoms with van der Waals surface area (Å²) in [6, 6.07) is 6.71. The fraction of sp³-hybridized carbons (Fsp3) is 0.541. The van der Waals surface area contributed by atoms with Crippen LogP contribution in [0, 0.1) is 17.8 Å². The molecule has 2 aliphatic heterocycles. The van der Waals surface area contributed by atoms with Gasteiger partial charge in [-0.05, 0) is 61.3 Å². The number of piperidine rings is 1. The lowest BCUT2D eigenvalue weighted by Crippen LogP contribution is -2.58. The van der Waals surface area contributed by atoms with Gasteiger partial charge in [0.25, 0.3) is 0 Å². The Hall–Kier alpha value is -4.29. The number of aromatic amines is 1. The van der Waals surface area contributed by atoms with Crippen LogP contribution in [-0.2, 0) is 25.4 Å². The third-order valence-electron chi connectivity index (χ3n) is 10.7. The number of Topliss-reactive ketones (excluding diaryl/α,β-unsaturated/α-hetero) is 1. The smallest absolute Gasteiger partial charge is 0.338 e. The maximum Gasteiger partial charge on any atom is 0.338 e. The molecular formula is C37H46N2O10. The highest BCUT2D eigenvalue weighted by Crippen LogP contribution is 2.51. The predicted molar refractivity (Wildman–Crippen MR) is 180 cm³/mol. The van der Waals surface area contributed by atoms with Gasteiger partial charge in [0, 0.05) is 49.3 Å². The number of nitrogens with one attached hydrogen (secondary N) is 1. The molecule has 49 heavy (non-hydrogen) atoms. The molecule has 2 fully saturated rings. The van der Waals surface area contributed by atoms with Gasteiger partial charge in [-0.3, -0.25) is 14.5 Å². The quantitative estimate of drug-likeness (QED) is 0.203. The molecule has 1 aromatic heterocycles. The van der Waals surface area contributed by atoms with Gasteiger partial charge in [-0.2, -0.15) is 0 Å². The van der Waals surface area contributed by atoms with Crippen LogP contribution in [0.4, 0.5) is 0 Å². The largest absolute Gasteiger partial charge is 0.502 e. The number of aromatic nitrogens is 1. The highest BCUT2D eigenvalue weighted by Gasteiger charge is 2.54. The SMILES string of the molecule is CCCCC(=O)c1cc2c3c([nH]c2cc1OC)[C@H]1C[C@H]2[C@H](C[C@@H](OC(=O)c4cc(OC)c(O)c(OC)c4)[C@H](OC)[C@H]2C(=O)OC)CN1CC3. The highest BCUT2D eigenvalue weighted by molar-refractivity contribution is 6.03.